The first-order valence-electron chi connectivity index (χ1n) is 1.96. The van der Waals surface area contributed by atoms with Crippen LogP contribution in [0.4, 0.5) is 0 Å². The van der Waals surface area contributed by atoms with Crippen molar-refractivity contribution in [2.75, 3.05) is 5.75 Å². The van der Waals surface area contributed by atoms with Crippen LogP contribution in [0.15, 0.2) is 7.87 Å². The lowest BCUT2D eigenvalue weighted by Gasteiger charge is -1.91. The van der Waals surface area contributed by atoms with E-state index in [2.05, 4.69) is 47.8 Å². The second kappa shape index (κ2) is 5.33. The largest absolute Gasteiger partial charge is 0.0938 e. The van der Waals surface area contributed by atoms with E-state index in [4.69, 9.17) is 12.6 Å². The van der Waals surface area contributed by atoms with Crippen molar-refractivity contribution in [1.82, 2.24) is 0 Å². The third-order valence-electron chi connectivity index (χ3n) is 0.527. The molecule has 0 aliphatic rings. The van der Waals surface area contributed by atoms with Crippen LogP contribution in [0.25, 0.3) is 0 Å². The van der Waals surface area contributed by atoms with E-state index in [9.17, 15) is 0 Å². The van der Waals surface area contributed by atoms with Gasteiger partial charge in [0.25, 0.3) is 0 Å². The average molecular weight is 324 g/mol. The monoisotopic (exact) mass is 321 g/mol. The Balaban J connectivity index is 3.62. The predicted molar refractivity (Wildman–Crippen MR) is 50.9 cm³/mol. The molecule has 0 rings (SSSR count). The first-order valence-corrected chi connectivity index (χ1v) is 4.92. The van der Waals surface area contributed by atoms with E-state index in [0.29, 0.717) is 0 Å². The van der Waals surface area contributed by atoms with Crippen LogP contribution in [0.5, 0.6) is 0 Å². The highest BCUT2D eigenvalue weighted by Crippen LogP contribution is 2.25. The fourth-order valence-corrected chi connectivity index (χ4v) is 1.25. The van der Waals surface area contributed by atoms with Gasteiger partial charge < -0.3 is 0 Å². The van der Waals surface area contributed by atoms with Crippen LogP contribution in [0, 0.1) is 0 Å². The molecule has 0 saturated carbocycles. The summed E-state index contributed by atoms with van der Waals surface area (Å²) in [7, 11) is 0. The molecule has 4 heteroatoms. The van der Waals surface area contributed by atoms with E-state index >= 15 is 0 Å². The molecule has 0 aliphatic heterocycles. The molecule has 0 aromatic heterocycles. The molecule has 8 heavy (non-hydrogen) atoms. The summed E-state index contributed by atoms with van der Waals surface area (Å²) in [6, 6.07) is 0. The lowest BCUT2D eigenvalue weighted by molar-refractivity contribution is 1.24. The molecule has 0 aromatic carbocycles. The Morgan fingerprint density at radius 2 is 1.75 bits per heavy atom. The summed E-state index contributed by atoms with van der Waals surface area (Å²) < 4.78 is 2.04. The van der Waals surface area contributed by atoms with Crippen LogP contribution >= 0.6 is 60.4 Å². The van der Waals surface area contributed by atoms with Gasteiger partial charge in [0.15, 0.2) is 0 Å². The molecule has 0 atom stereocenters. The maximum atomic E-state index is 4.74. The Kier molecular flexibility index (Phi) is 6.34. The molecule has 0 N–H and O–H groups in total. The normalized spacial score (nSPS) is 9.00. The van der Waals surface area contributed by atoms with E-state index in [1.807, 2.05) is 0 Å². The predicted octanol–water partition coefficient (Wildman–Crippen LogP) is 3.93. The van der Waals surface area contributed by atoms with Crippen molar-refractivity contribution >= 4 is 60.4 Å². The quantitative estimate of drug-likeness (QED) is 0.722. The van der Waals surface area contributed by atoms with Crippen molar-refractivity contribution in [3.05, 3.63) is 7.87 Å². The van der Waals surface area contributed by atoms with Crippen molar-refractivity contribution in [2.24, 2.45) is 0 Å². The molecule has 0 heterocycles. The summed E-state index contributed by atoms with van der Waals surface area (Å²) in [5.41, 5.74) is 0. The number of rotatable bonds is 2. The minimum absolute atomic E-state index is 0.751. The van der Waals surface area contributed by atoms with Gasteiger partial charge in [-0.15, -0.1) is 0 Å². The van der Waals surface area contributed by atoms with Gasteiger partial charge in [0, 0.05) is 10.2 Å². The van der Waals surface area contributed by atoms with Crippen molar-refractivity contribution in [2.45, 2.75) is 6.42 Å². The number of halogens is 3. The number of hydrogen-bond acceptors (Lipinski definition) is 0. The van der Waals surface area contributed by atoms with E-state index in [0.717, 1.165) is 20.0 Å². The van der Waals surface area contributed by atoms with Crippen LogP contribution in [0.2, 0.25) is 0 Å². The topological polar surface area (TPSA) is 0 Å². The molecular weight excluding hydrogens is 320 g/mol. The van der Waals surface area contributed by atoms with Crippen LogP contribution < -0.4 is 0 Å². The lowest BCUT2D eigenvalue weighted by atomic mass is 10.5. The van der Waals surface area contributed by atoms with Gasteiger partial charge >= 0.3 is 0 Å². The first kappa shape index (κ1) is 9.53. The second-order valence-electron chi connectivity index (χ2n) is 1.12. The molecule has 47 valence electrons. The van der Waals surface area contributed by atoms with E-state index in [1.165, 1.54) is 0 Å². The summed E-state index contributed by atoms with van der Waals surface area (Å²) in [6.07, 6.45) is 0.904. The third kappa shape index (κ3) is 4.41. The van der Waals surface area contributed by atoms with Crippen molar-refractivity contribution < 1.29 is 0 Å². The molecule has 1 radical (unpaired) electrons. The van der Waals surface area contributed by atoms with Gasteiger partial charge in [-0.3, -0.25) is 0 Å². The van der Waals surface area contributed by atoms with Gasteiger partial charge in [0.2, 0.25) is 0 Å². The van der Waals surface area contributed by atoms with Gasteiger partial charge in [-0.2, -0.15) is 0 Å². The maximum Gasteiger partial charge on any atom is 0.0705 e. The van der Waals surface area contributed by atoms with Crippen LogP contribution in [0.3, 0.4) is 0 Å². The standard InChI is InChI=1S/C4H4Br3S/c5-3(1-2-8)4(6)7/h1-2H2. The Morgan fingerprint density at radius 1 is 1.25 bits per heavy atom. The SMILES string of the molecule is [S]CCC(Br)=C(Br)Br. The van der Waals surface area contributed by atoms with E-state index < -0.39 is 0 Å². The molecular formula is C4H4Br3S. The maximum absolute atomic E-state index is 4.74. The molecule has 0 saturated heterocycles. The molecule has 0 aromatic rings. The molecule has 0 fully saturated rings. The molecule has 0 amide bonds. The lowest BCUT2D eigenvalue weighted by Crippen LogP contribution is -1.73. The Hall–Kier alpha value is 1.53. The summed E-state index contributed by atoms with van der Waals surface area (Å²) in [5.74, 6) is 0.751. The van der Waals surface area contributed by atoms with E-state index in [1.54, 1.807) is 0 Å². The van der Waals surface area contributed by atoms with Crippen LogP contribution in [-0.2, 0) is 0 Å². The summed E-state index contributed by atoms with van der Waals surface area (Å²) >= 11 is 14.6. The zero-order valence-corrected chi connectivity index (χ0v) is 9.53. The summed E-state index contributed by atoms with van der Waals surface area (Å²) in [4.78, 5) is 0. The highest BCUT2D eigenvalue weighted by molar-refractivity contribution is 9.29. The minimum atomic E-state index is 0.751. The van der Waals surface area contributed by atoms with Gasteiger partial charge in [-0.25, -0.2) is 0 Å². The smallest absolute Gasteiger partial charge is 0.0705 e. The average Bonchev–Trinajstić information content (AvgIpc) is 1.67. The van der Waals surface area contributed by atoms with Crippen molar-refractivity contribution in [3.8, 4) is 0 Å². The van der Waals surface area contributed by atoms with Crippen molar-refractivity contribution in [1.29, 1.82) is 0 Å². The van der Waals surface area contributed by atoms with E-state index in [-0.39, 0.29) is 0 Å². The molecule has 0 bridgehead atoms. The summed E-state index contributed by atoms with van der Waals surface area (Å²) in [5, 5.41) is 0. The zero-order valence-electron chi connectivity index (χ0n) is 3.96. The molecule has 0 nitrogen and oxygen atoms in total. The Bertz CT molecular complexity index is 95.5. The molecule has 0 aliphatic carbocycles. The minimum Gasteiger partial charge on any atom is -0.0938 e. The number of hydrogen-bond donors (Lipinski definition) is 0. The zero-order chi connectivity index (χ0) is 6.57. The van der Waals surface area contributed by atoms with Crippen LogP contribution in [-0.4, -0.2) is 5.75 Å². The Morgan fingerprint density at radius 3 is 1.88 bits per heavy atom. The molecule has 0 spiro atoms. The molecule has 0 unspecified atom stereocenters. The van der Waals surface area contributed by atoms with Crippen LogP contribution in [0.1, 0.15) is 6.42 Å². The second-order valence-corrected chi connectivity index (χ2v) is 5.14. The Labute approximate surface area is 79.9 Å². The highest BCUT2D eigenvalue weighted by Gasteiger charge is 1.93. The number of allylic oxidation sites excluding steroid dienone is 1. The first-order chi connectivity index (χ1) is 3.68. The third-order valence-corrected chi connectivity index (χ3v) is 3.55. The van der Waals surface area contributed by atoms with Crippen molar-refractivity contribution in [3.63, 3.8) is 0 Å². The highest BCUT2D eigenvalue weighted by atomic mass is 79.9. The van der Waals surface area contributed by atoms with Gasteiger partial charge in [-0.1, -0.05) is 28.6 Å². The van der Waals surface area contributed by atoms with Gasteiger partial charge in [0.1, 0.15) is 0 Å². The summed E-state index contributed by atoms with van der Waals surface area (Å²) in [6.45, 7) is 0. The van der Waals surface area contributed by atoms with Gasteiger partial charge in [-0.05, 0) is 38.3 Å². The van der Waals surface area contributed by atoms with Gasteiger partial charge in [0.05, 0.1) is 3.39 Å². The fourth-order valence-electron chi connectivity index (χ4n) is 0.184. The fraction of sp³-hybridized carbons (Fsp3) is 0.500.